The molecule has 1 saturated heterocycles. The van der Waals surface area contributed by atoms with Crippen molar-refractivity contribution in [1.82, 2.24) is 24.6 Å². The molecule has 4 heterocycles. The molecule has 4 aromatic rings. The largest absolute Gasteiger partial charge is 0.481 e. The fourth-order valence-electron chi connectivity index (χ4n) is 5.28. The summed E-state index contributed by atoms with van der Waals surface area (Å²) >= 11 is 0. The Morgan fingerprint density at radius 1 is 1.00 bits per heavy atom. The summed E-state index contributed by atoms with van der Waals surface area (Å²) in [5.74, 6) is 1.58. The Bertz CT molecular complexity index is 1830. The van der Waals surface area contributed by atoms with Crippen molar-refractivity contribution in [2.45, 2.75) is 38.8 Å². The first-order valence-electron chi connectivity index (χ1n) is 15.4. The van der Waals surface area contributed by atoms with E-state index in [1.165, 1.54) is 0 Å². The third-order valence-corrected chi connectivity index (χ3v) is 7.65. The predicted octanol–water partition coefficient (Wildman–Crippen LogP) is 5.25. The van der Waals surface area contributed by atoms with Crippen LogP contribution >= 0.6 is 0 Å². The average Bonchev–Trinajstić information content (AvgIpc) is 3.58. The summed E-state index contributed by atoms with van der Waals surface area (Å²) in [5, 5.41) is 17.7. The van der Waals surface area contributed by atoms with E-state index in [0.29, 0.717) is 55.8 Å². The van der Waals surface area contributed by atoms with Crippen molar-refractivity contribution in [2.75, 3.05) is 43.5 Å². The van der Waals surface area contributed by atoms with E-state index in [1.807, 2.05) is 69.5 Å². The van der Waals surface area contributed by atoms with Gasteiger partial charge >= 0.3 is 6.09 Å². The number of anilines is 2. The standard InChI is InChI=1S/C34H36N10O3/c1-34(2,3)47-33(45)43-15-13-42(14-16-43)28-18-23(20-35)17-25(19-28)29-11-12-36-32(40-29)39-26-6-8-27(9-7-26)44-22-38-31(41-44)24-5-10-30(46-4)37-21-24/h5-10,12,17-19,21-22,29H,11,13-16H2,1-4H3,(H,39,40). The number of pyridine rings is 1. The number of ether oxygens (including phenoxy) is 2. The van der Waals surface area contributed by atoms with Gasteiger partial charge in [0.2, 0.25) is 11.8 Å². The van der Waals surface area contributed by atoms with E-state index in [0.717, 1.165) is 28.2 Å². The minimum absolute atomic E-state index is 0.203. The van der Waals surface area contributed by atoms with Crippen LogP contribution < -0.4 is 15.0 Å². The summed E-state index contributed by atoms with van der Waals surface area (Å²) in [7, 11) is 1.57. The van der Waals surface area contributed by atoms with E-state index in [-0.39, 0.29) is 12.1 Å². The van der Waals surface area contributed by atoms with Crippen LogP contribution in [0, 0.1) is 11.3 Å². The highest BCUT2D eigenvalue weighted by Crippen LogP contribution is 2.30. The average molecular weight is 633 g/mol. The van der Waals surface area contributed by atoms with Crippen molar-refractivity contribution in [3.8, 4) is 29.0 Å². The molecular formula is C34H36N10O3. The van der Waals surface area contributed by atoms with E-state index in [4.69, 9.17) is 14.5 Å². The van der Waals surface area contributed by atoms with E-state index >= 15 is 0 Å². The molecule has 1 unspecified atom stereocenters. The Hall–Kier alpha value is -5.77. The van der Waals surface area contributed by atoms with Crippen LogP contribution in [-0.4, -0.2) is 81.8 Å². The third kappa shape index (κ3) is 7.55. The summed E-state index contributed by atoms with van der Waals surface area (Å²) in [6.07, 6.45) is 5.49. The van der Waals surface area contributed by atoms with E-state index in [9.17, 15) is 10.1 Å². The number of methoxy groups -OCH3 is 1. The lowest BCUT2D eigenvalue weighted by molar-refractivity contribution is 0.0240. The van der Waals surface area contributed by atoms with Crippen LogP contribution in [0.2, 0.25) is 0 Å². The predicted molar refractivity (Wildman–Crippen MR) is 179 cm³/mol. The SMILES string of the molecule is COc1ccc(-c2ncn(-c3ccc(NC4=NC(c5cc(C#N)cc(N6CCN(C(=O)OC(C)(C)C)CC6)c5)CC=N4)cc3)n2)cn1. The number of hydrogen-bond donors (Lipinski definition) is 1. The molecule has 0 spiro atoms. The van der Waals surface area contributed by atoms with Crippen molar-refractivity contribution in [3.63, 3.8) is 0 Å². The number of nitrogens with zero attached hydrogens (tertiary/aromatic N) is 9. The quantitative estimate of drug-likeness (QED) is 0.301. The number of guanidine groups is 1. The van der Waals surface area contributed by atoms with Gasteiger partial charge in [-0.2, -0.15) is 5.26 Å². The second-order valence-corrected chi connectivity index (χ2v) is 12.2. The minimum atomic E-state index is -0.537. The highest BCUT2D eigenvalue weighted by Gasteiger charge is 2.27. The van der Waals surface area contributed by atoms with Crippen molar-refractivity contribution >= 4 is 29.6 Å². The lowest BCUT2D eigenvalue weighted by atomic mass is 10.00. The van der Waals surface area contributed by atoms with Gasteiger partial charge in [-0.1, -0.05) is 0 Å². The topological polar surface area (TPSA) is 146 Å². The third-order valence-electron chi connectivity index (χ3n) is 7.65. The smallest absolute Gasteiger partial charge is 0.410 e. The molecule has 0 saturated carbocycles. The van der Waals surface area contributed by atoms with Crippen LogP contribution in [0.4, 0.5) is 16.2 Å². The number of piperazine rings is 1. The van der Waals surface area contributed by atoms with Crippen LogP contribution in [0.5, 0.6) is 5.88 Å². The summed E-state index contributed by atoms with van der Waals surface area (Å²) in [4.78, 5) is 34.4. The monoisotopic (exact) mass is 632 g/mol. The summed E-state index contributed by atoms with van der Waals surface area (Å²) in [6, 6.07) is 19.3. The van der Waals surface area contributed by atoms with Crippen LogP contribution in [0.15, 0.2) is 77.1 Å². The van der Waals surface area contributed by atoms with Crippen LogP contribution in [0.1, 0.15) is 44.4 Å². The number of hydrogen-bond acceptors (Lipinski definition) is 11. The van der Waals surface area contributed by atoms with Gasteiger partial charge < -0.3 is 24.6 Å². The molecule has 2 aliphatic rings. The Labute approximate surface area is 273 Å². The molecule has 240 valence electrons. The van der Waals surface area contributed by atoms with E-state index in [1.54, 1.807) is 35.3 Å². The van der Waals surface area contributed by atoms with Gasteiger partial charge in [-0.15, -0.1) is 5.10 Å². The highest BCUT2D eigenvalue weighted by atomic mass is 16.6. The van der Waals surface area contributed by atoms with E-state index < -0.39 is 5.60 Å². The molecule has 13 heteroatoms. The Kier molecular flexibility index (Phi) is 8.83. The van der Waals surface area contributed by atoms with Gasteiger partial charge in [0.05, 0.1) is 30.5 Å². The summed E-state index contributed by atoms with van der Waals surface area (Å²) in [5.41, 5.74) is 4.35. The van der Waals surface area contributed by atoms with E-state index in [2.05, 4.69) is 42.4 Å². The molecule has 2 aromatic carbocycles. The molecular weight excluding hydrogens is 596 g/mol. The second-order valence-electron chi connectivity index (χ2n) is 12.2. The first-order valence-corrected chi connectivity index (χ1v) is 15.4. The minimum Gasteiger partial charge on any atom is -0.481 e. The molecule has 1 atom stereocenters. The number of nitrogens with one attached hydrogen (secondary N) is 1. The lowest BCUT2D eigenvalue weighted by Gasteiger charge is -2.37. The van der Waals surface area contributed by atoms with Gasteiger partial charge in [0.1, 0.15) is 11.9 Å². The van der Waals surface area contributed by atoms with Crippen LogP contribution in [-0.2, 0) is 4.74 Å². The Morgan fingerprint density at radius 2 is 1.79 bits per heavy atom. The molecule has 1 amide bonds. The number of aliphatic imine (C=N–C) groups is 2. The lowest BCUT2D eigenvalue weighted by Crippen LogP contribution is -2.50. The molecule has 1 N–H and O–H groups in total. The molecule has 0 bridgehead atoms. The highest BCUT2D eigenvalue weighted by molar-refractivity contribution is 5.99. The molecule has 13 nitrogen and oxygen atoms in total. The molecule has 6 rings (SSSR count). The number of carbonyl (C=O) groups is 1. The Balaban J connectivity index is 1.11. The zero-order valence-electron chi connectivity index (χ0n) is 26.8. The number of carbonyl (C=O) groups excluding carboxylic acids is 1. The molecule has 0 radical (unpaired) electrons. The van der Waals surface area contributed by atoms with Crippen molar-refractivity contribution < 1.29 is 14.3 Å². The number of aromatic nitrogens is 4. The molecule has 0 aliphatic carbocycles. The molecule has 2 aliphatic heterocycles. The van der Waals surface area contributed by atoms with Gasteiger partial charge in [0.25, 0.3) is 0 Å². The fraction of sp³-hybridized carbons (Fsp3) is 0.324. The van der Waals surface area contributed by atoms with Crippen molar-refractivity contribution in [2.24, 2.45) is 9.98 Å². The first-order chi connectivity index (χ1) is 22.7. The molecule has 47 heavy (non-hydrogen) atoms. The van der Waals surface area contributed by atoms with Crippen molar-refractivity contribution in [3.05, 3.63) is 78.2 Å². The zero-order valence-corrected chi connectivity index (χ0v) is 26.8. The number of rotatable bonds is 6. The van der Waals surface area contributed by atoms with Gasteiger partial charge in [-0.05, 0) is 74.9 Å². The number of nitriles is 1. The summed E-state index contributed by atoms with van der Waals surface area (Å²) < 4.78 is 12.4. The molecule has 2 aromatic heterocycles. The molecule has 1 fully saturated rings. The second kappa shape index (κ2) is 13.3. The Morgan fingerprint density at radius 3 is 2.47 bits per heavy atom. The zero-order chi connectivity index (χ0) is 33.0. The maximum atomic E-state index is 12.5. The van der Waals surface area contributed by atoms with Crippen LogP contribution in [0.25, 0.3) is 17.1 Å². The maximum Gasteiger partial charge on any atom is 0.410 e. The van der Waals surface area contributed by atoms with Crippen molar-refractivity contribution in [1.29, 1.82) is 5.26 Å². The van der Waals surface area contributed by atoms with Gasteiger partial charge in [0, 0.05) is 68.0 Å². The maximum absolute atomic E-state index is 12.5. The normalized spacial score (nSPS) is 16.3. The summed E-state index contributed by atoms with van der Waals surface area (Å²) in [6.45, 7) is 7.96. The van der Waals surface area contributed by atoms with Gasteiger partial charge in [-0.3, -0.25) is 0 Å². The first kappa shape index (κ1) is 31.2. The number of benzene rings is 2. The van der Waals surface area contributed by atoms with Gasteiger partial charge in [0.15, 0.2) is 5.82 Å². The van der Waals surface area contributed by atoms with Crippen LogP contribution in [0.3, 0.4) is 0 Å². The fourth-order valence-corrected chi connectivity index (χ4v) is 5.28. The van der Waals surface area contributed by atoms with Gasteiger partial charge in [-0.25, -0.2) is 29.4 Å². The number of amides is 1.